The second-order valence-electron chi connectivity index (χ2n) is 9.15. The van der Waals surface area contributed by atoms with Gasteiger partial charge < -0.3 is 20.0 Å². The number of piperazine rings is 1. The Morgan fingerprint density at radius 3 is 2.31 bits per heavy atom. The minimum absolute atomic E-state index is 0.739. The molecule has 4 aromatic rings. The van der Waals surface area contributed by atoms with Crippen LogP contribution in [-0.4, -0.2) is 60.2 Å². The zero-order valence-electron chi connectivity index (χ0n) is 20.9. The van der Waals surface area contributed by atoms with Crippen molar-refractivity contribution < 1.29 is 0 Å². The fourth-order valence-electron chi connectivity index (χ4n) is 4.33. The molecule has 8 nitrogen and oxygen atoms in total. The predicted molar refractivity (Wildman–Crippen MR) is 146 cm³/mol. The first-order chi connectivity index (χ1) is 17.6. The van der Waals surface area contributed by atoms with E-state index in [1.54, 1.807) is 12.4 Å². The Hall–Kier alpha value is -4.20. The van der Waals surface area contributed by atoms with Crippen molar-refractivity contribution in [1.29, 1.82) is 0 Å². The van der Waals surface area contributed by atoms with Gasteiger partial charge in [-0.15, -0.1) is 0 Å². The van der Waals surface area contributed by atoms with Crippen LogP contribution in [0.2, 0.25) is 0 Å². The van der Waals surface area contributed by atoms with Crippen LogP contribution in [0.3, 0.4) is 0 Å². The molecule has 0 aliphatic carbocycles. The Morgan fingerprint density at radius 2 is 1.56 bits per heavy atom. The summed E-state index contributed by atoms with van der Waals surface area (Å²) in [7, 11) is 4.01. The first-order valence-corrected chi connectivity index (χ1v) is 12.4. The highest BCUT2D eigenvalue weighted by molar-refractivity contribution is 5.62. The lowest BCUT2D eigenvalue weighted by atomic mass is 10.0. The Bertz CT molecular complexity index is 1260. The number of aryl methyl sites for hydroxylation is 2. The van der Waals surface area contributed by atoms with E-state index in [2.05, 4.69) is 79.7 Å². The Kier molecular flexibility index (Phi) is 7.21. The molecule has 1 saturated heterocycles. The molecule has 0 saturated carbocycles. The first-order valence-electron chi connectivity index (χ1n) is 12.4. The Labute approximate surface area is 212 Å². The highest BCUT2D eigenvalue weighted by atomic mass is 15.4. The smallest absolute Gasteiger partial charge is 0.229 e. The van der Waals surface area contributed by atoms with Crippen molar-refractivity contribution in [1.82, 2.24) is 19.9 Å². The molecule has 3 heterocycles. The molecule has 36 heavy (non-hydrogen) atoms. The maximum atomic E-state index is 4.89. The van der Waals surface area contributed by atoms with Crippen molar-refractivity contribution in [2.24, 2.45) is 0 Å². The topological polar surface area (TPSA) is 73.3 Å². The molecule has 0 radical (unpaired) electrons. The van der Waals surface area contributed by atoms with Crippen LogP contribution in [-0.2, 0) is 12.8 Å². The Morgan fingerprint density at radius 1 is 0.806 bits per heavy atom. The molecule has 1 aliphatic rings. The number of nitrogens with one attached hydrogen (secondary N) is 1. The van der Waals surface area contributed by atoms with E-state index < -0.39 is 0 Å². The van der Waals surface area contributed by atoms with Crippen molar-refractivity contribution in [3.63, 3.8) is 0 Å². The van der Waals surface area contributed by atoms with Gasteiger partial charge in [0.1, 0.15) is 17.5 Å². The lowest BCUT2D eigenvalue weighted by Gasteiger charge is -2.35. The van der Waals surface area contributed by atoms with E-state index >= 15 is 0 Å². The lowest BCUT2D eigenvalue weighted by molar-refractivity contribution is 0.634. The molecule has 8 heteroatoms. The van der Waals surface area contributed by atoms with Crippen molar-refractivity contribution in [2.45, 2.75) is 12.8 Å². The van der Waals surface area contributed by atoms with Crippen molar-refractivity contribution in [2.75, 3.05) is 60.3 Å². The number of benzene rings is 2. The van der Waals surface area contributed by atoms with E-state index in [0.29, 0.717) is 0 Å². The summed E-state index contributed by atoms with van der Waals surface area (Å²) in [4.78, 5) is 24.8. The third-order valence-corrected chi connectivity index (χ3v) is 6.34. The molecule has 1 aliphatic heterocycles. The fraction of sp³-hybridized carbons (Fsp3) is 0.286. The zero-order chi connectivity index (χ0) is 24.7. The number of rotatable bonds is 8. The number of hydrogen-bond acceptors (Lipinski definition) is 8. The third-order valence-electron chi connectivity index (χ3n) is 6.34. The molecule has 0 unspecified atom stereocenters. The maximum absolute atomic E-state index is 4.89. The Balaban J connectivity index is 1.29. The molecule has 5 rings (SSSR count). The molecule has 2 aromatic heterocycles. The zero-order valence-corrected chi connectivity index (χ0v) is 20.9. The number of nitrogens with zero attached hydrogens (tertiary/aromatic N) is 7. The van der Waals surface area contributed by atoms with Gasteiger partial charge in [0.15, 0.2) is 0 Å². The van der Waals surface area contributed by atoms with Gasteiger partial charge >= 0.3 is 0 Å². The number of anilines is 5. The van der Waals surface area contributed by atoms with E-state index in [9.17, 15) is 0 Å². The maximum Gasteiger partial charge on any atom is 0.229 e. The van der Waals surface area contributed by atoms with Crippen molar-refractivity contribution in [3.05, 3.63) is 90.4 Å². The molecular weight excluding hydrogens is 448 g/mol. The van der Waals surface area contributed by atoms with E-state index in [-0.39, 0.29) is 0 Å². The molecule has 2 aromatic carbocycles. The van der Waals surface area contributed by atoms with Gasteiger partial charge in [0.25, 0.3) is 0 Å². The summed E-state index contributed by atoms with van der Waals surface area (Å²) in [5, 5.41) is 3.52. The molecular formula is C28H32N8. The fourth-order valence-corrected chi connectivity index (χ4v) is 4.33. The summed E-state index contributed by atoms with van der Waals surface area (Å²) in [5.74, 6) is 3.32. The van der Waals surface area contributed by atoms with Gasteiger partial charge in [0.2, 0.25) is 5.95 Å². The molecule has 1 fully saturated rings. The average Bonchev–Trinajstić information content (AvgIpc) is 2.93. The van der Waals surface area contributed by atoms with Gasteiger partial charge in [-0.2, -0.15) is 9.97 Å². The summed E-state index contributed by atoms with van der Waals surface area (Å²) < 4.78 is 0. The van der Waals surface area contributed by atoms with Gasteiger partial charge in [-0.25, -0.2) is 4.98 Å². The van der Waals surface area contributed by atoms with Crippen LogP contribution < -0.4 is 20.0 Å². The minimum atomic E-state index is 0.739. The summed E-state index contributed by atoms with van der Waals surface area (Å²) in [6.07, 6.45) is 7.27. The van der Waals surface area contributed by atoms with Crippen LogP contribution in [0.1, 0.15) is 11.1 Å². The van der Waals surface area contributed by atoms with Gasteiger partial charge in [0.05, 0.1) is 6.20 Å². The molecule has 1 N–H and O–H groups in total. The monoisotopic (exact) mass is 480 g/mol. The highest BCUT2D eigenvalue weighted by Gasteiger charge is 2.21. The van der Waals surface area contributed by atoms with E-state index in [1.807, 2.05) is 31.3 Å². The highest BCUT2D eigenvalue weighted by Crippen LogP contribution is 2.24. The standard InChI is InChI=1S/C28H32N8/c1-34(2)26-20-25(31-24-10-6-9-23(19-24)12-11-22-7-4-3-5-8-22)32-28(33-26)36-17-15-35(16-18-36)27-21-29-13-14-30-27/h3-10,13-14,19-21H,11-12,15-18H2,1-2H3,(H,31,32,33). The molecule has 184 valence electrons. The number of aromatic nitrogens is 4. The lowest BCUT2D eigenvalue weighted by Crippen LogP contribution is -2.47. The van der Waals surface area contributed by atoms with Crippen molar-refractivity contribution >= 4 is 29.1 Å². The van der Waals surface area contributed by atoms with Gasteiger partial charge in [-0.3, -0.25) is 4.98 Å². The minimum Gasteiger partial charge on any atom is -0.363 e. The largest absolute Gasteiger partial charge is 0.363 e. The third kappa shape index (κ3) is 5.89. The molecule has 0 atom stereocenters. The van der Waals surface area contributed by atoms with Gasteiger partial charge in [0, 0.05) is 64.4 Å². The predicted octanol–water partition coefficient (Wildman–Crippen LogP) is 4.19. The van der Waals surface area contributed by atoms with Crippen LogP contribution >= 0.6 is 0 Å². The summed E-state index contributed by atoms with van der Waals surface area (Å²) >= 11 is 0. The van der Waals surface area contributed by atoms with Crippen LogP contribution in [0.25, 0.3) is 0 Å². The SMILES string of the molecule is CN(C)c1cc(Nc2cccc(CCc3ccccc3)c2)nc(N2CCN(c3cnccn3)CC2)n1. The first kappa shape index (κ1) is 23.5. The summed E-state index contributed by atoms with van der Waals surface area (Å²) in [6, 6.07) is 21.2. The van der Waals surface area contributed by atoms with Crippen LogP contribution in [0.15, 0.2) is 79.3 Å². The second-order valence-corrected chi connectivity index (χ2v) is 9.15. The van der Waals surface area contributed by atoms with Gasteiger partial charge in [-0.05, 0) is 36.1 Å². The van der Waals surface area contributed by atoms with E-state index in [4.69, 9.17) is 9.97 Å². The average molecular weight is 481 g/mol. The summed E-state index contributed by atoms with van der Waals surface area (Å²) in [5.41, 5.74) is 3.68. The normalized spacial score (nSPS) is 13.5. The molecule has 0 amide bonds. The van der Waals surface area contributed by atoms with E-state index in [1.165, 1.54) is 11.1 Å². The van der Waals surface area contributed by atoms with Crippen molar-refractivity contribution in [3.8, 4) is 0 Å². The molecule has 0 bridgehead atoms. The van der Waals surface area contributed by atoms with E-state index in [0.717, 1.165) is 68.1 Å². The number of hydrogen-bond donors (Lipinski definition) is 1. The van der Waals surface area contributed by atoms with Gasteiger partial charge in [-0.1, -0.05) is 42.5 Å². The van der Waals surface area contributed by atoms with Crippen LogP contribution in [0.4, 0.5) is 29.1 Å². The summed E-state index contributed by atoms with van der Waals surface area (Å²) in [6.45, 7) is 3.34. The molecule has 0 spiro atoms. The quantitative estimate of drug-likeness (QED) is 0.403. The van der Waals surface area contributed by atoms with Crippen LogP contribution in [0, 0.1) is 0 Å². The van der Waals surface area contributed by atoms with Crippen LogP contribution in [0.5, 0.6) is 0 Å². The second kappa shape index (κ2) is 11.0.